The first kappa shape index (κ1) is 15.8. The summed E-state index contributed by atoms with van der Waals surface area (Å²) < 4.78 is 5.45. The van der Waals surface area contributed by atoms with E-state index in [1.54, 1.807) is 0 Å². The lowest BCUT2D eigenvalue weighted by Gasteiger charge is -2.36. The van der Waals surface area contributed by atoms with Gasteiger partial charge >= 0.3 is 0 Å². The SMILES string of the molecule is O=C(NCC1(CO)CC1)C1(c2cccc(Cl)c2)CCOCC1. The predicted molar refractivity (Wildman–Crippen MR) is 84.9 cm³/mol. The number of carbonyl (C=O) groups excluding carboxylic acids is 1. The number of nitrogens with one attached hydrogen (secondary N) is 1. The Labute approximate surface area is 135 Å². The van der Waals surface area contributed by atoms with Crippen molar-refractivity contribution in [2.75, 3.05) is 26.4 Å². The Hall–Kier alpha value is -1.10. The largest absolute Gasteiger partial charge is 0.396 e. The molecule has 1 heterocycles. The van der Waals surface area contributed by atoms with Crippen LogP contribution in [-0.4, -0.2) is 37.4 Å². The Morgan fingerprint density at radius 2 is 2.00 bits per heavy atom. The third-order valence-corrected chi connectivity index (χ3v) is 5.31. The average molecular weight is 324 g/mol. The Morgan fingerprint density at radius 1 is 1.27 bits per heavy atom. The highest BCUT2D eigenvalue weighted by Gasteiger charge is 2.45. The quantitative estimate of drug-likeness (QED) is 0.874. The van der Waals surface area contributed by atoms with Gasteiger partial charge in [-0.15, -0.1) is 0 Å². The Bertz CT molecular complexity index is 551. The molecule has 1 aromatic carbocycles. The maximum absolute atomic E-state index is 12.9. The zero-order chi connectivity index (χ0) is 15.6. The lowest BCUT2D eigenvalue weighted by atomic mass is 9.73. The molecule has 0 atom stereocenters. The molecule has 120 valence electrons. The minimum Gasteiger partial charge on any atom is -0.396 e. The van der Waals surface area contributed by atoms with Crippen LogP contribution >= 0.6 is 11.6 Å². The van der Waals surface area contributed by atoms with Gasteiger partial charge in [0.15, 0.2) is 0 Å². The number of benzene rings is 1. The van der Waals surface area contributed by atoms with Gasteiger partial charge in [0.1, 0.15) is 0 Å². The first-order chi connectivity index (χ1) is 10.6. The number of amides is 1. The van der Waals surface area contributed by atoms with Crippen LogP contribution in [0.2, 0.25) is 5.02 Å². The van der Waals surface area contributed by atoms with E-state index in [4.69, 9.17) is 16.3 Å². The van der Waals surface area contributed by atoms with Crippen LogP contribution in [0, 0.1) is 5.41 Å². The molecule has 0 unspecified atom stereocenters. The summed E-state index contributed by atoms with van der Waals surface area (Å²) in [6, 6.07) is 7.56. The summed E-state index contributed by atoms with van der Waals surface area (Å²) in [6.07, 6.45) is 3.28. The van der Waals surface area contributed by atoms with Gasteiger partial charge in [0, 0.05) is 30.2 Å². The summed E-state index contributed by atoms with van der Waals surface area (Å²) in [5, 5.41) is 13.1. The molecule has 5 heteroatoms. The van der Waals surface area contributed by atoms with Crippen molar-refractivity contribution in [2.45, 2.75) is 31.1 Å². The predicted octanol–water partition coefficient (Wildman–Crippen LogP) is 2.28. The number of hydrogen-bond acceptors (Lipinski definition) is 3. The summed E-state index contributed by atoms with van der Waals surface area (Å²) >= 11 is 6.12. The lowest BCUT2D eigenvalue weighted by Crippen LogP contribution is -2.49. The summed E-state index contributed by atoms with van der Waals surface area (Å²) in [4.78, 5) is 12.9. The maximum Gasteiger partial charge on any atom is 0.230 e. The van der Waals surface area contributed by atoms with Crippen molar-refractivity contribution in [1.29, 1.82) is 0 Å². The van der Waals surface area contributed by atoms with Crippen molar-refractivity contribution in [1.82, 2.24) is 5.32 Å². The zero-order valence-corrected chi connectivity index (χ0v) is 13.4. The molecule has 0 aromatic heterocycles. The van der Waals surface area contributed by atoms with E-state index in [0.29, 0.717) is 37.6 Å². The highest BCUT2D eigenvalue weighted by Crippen LogP contribution is 2.44. The minimum atomic E-state index is -0.575. The molecule has 2 aliphatic rings. The van der Waals surface area contributed by atoms with Crippen molar-refractivity contribution in [3.8, 4) is 0 Å². The molecule has 3 rings (SSSR count). The Balaban J connectivity index is 1.81. The van der Waals surface area contributed by atoms with Crippen molar-refractivity contribution >= 4 is 17.5 Å². The first-order valence-corrected chi connectivity index (χ1v) is 8.21. The number of aliphatic hydroxyl groups is 1. The second-order valence-electron chi connectivity index (χ2n) is 6.55. The van der Waals surface area contributed by atoms with Gasteiger partial charge in [0.2, 0.25) is 5.91 Å². The van der Waals surface area contributed by atoms with Crippen LogP contribution in [0.3, 0.4) is 0 Å². The zero-order valence-electron chi connectivity index (χ0n) is 12.6. The molecule has 1 saturated carbocycles. The molecule has 0 radical (unpaired) electrons. The Morgan fingerprint density at radius 3 is 2.59 bits per heavy atom. The highest BCUT2D eigenvalue weighted by atomic mass is 35.5. The summed E-state index contributed by atoms with van der Waals surface area (Å²) in [5.74, 6) is 0.0257. The van der Waals surface area contributed by atoms with Gasteiger partial charge in [0.25, 0.3) is 0 Å². The summed E-state index contributed by atoms with van der Waals surface area (Å²) in [6.45, 7) is 1.84. The monoisotopic (exact) mass is 323 g/mol. The molecule has 1 saturated heterocycles. The van der Waals surface area contributed by atoms with E-state index in [-0.39, 0.29) is 17.9 Å². The van der Waals surface area contributed by atoms with Gasteiger partial charge in [0.05, 0.1) is 12.0 Å². The second-order valence-corrected chi connectivity index (χ2v) is 6.98. The van der Waals surface area contributed by atoms with Crippen LogP contribution < -0.4 is 5.32 Å². The van der Waals surface area contributed by atoms with Crippen molar-refractivity contribution in [3.05, 3.63) is 34.9 Å². The second kappa shape index (κ2) is 6.19. The molecular weight excluding hydrogens is 302 g/mol. The van der Waals surface area contributed by atoms with E-state index in [1.807, 2.05) is 24.3 Å². The molecule has 22 heavy (non-hydrogen) atoms. The van der Waals surface area contributed by atoms with E-state index in [0.717, 1.165) is 18.4 Å². The summed E-state index contributed by atoms with van der Waals surface area (Å²) in [7, 11) is 0. The van der Waals surface area contributed by atoms with Gasteiger partial charge in [-0.05, 0) is 43.4 Å². The minimum absolute atomic E-state index is 0.0257. The van der Waals surface area contributed by atoms with Crippen LogP contribution in [0.1, 0.15) is 31.2 Å². The number of halogens is 1. The molecule has 1 aliphatic carbocycles. The standard InChI is InChI=1S/C17H22ClNO3/c18-14-3-1-2-13(10-14)17(6-8-22-9-7-17)15(21)19-11-16(12-20)4-5-16/h1-3,10,20H,4-9,11-12H2,(H,19,21). The molecule has 1 amide bonds. The Kier molecular flexibility index (Phi) is 4.44. The van der Waals surface area contributed by atoms with E-state index >= 15 is 0 Å². The molecule has 1 aliphatic heterocycles. The highest BCUT2D eigenvalue weighted by molar-refractivity contribution is 6.30. The molecule has 1 aromatic rings. The normalized spacial score (nSPS) is 22.1. The van der Waals surface area contributed by atoms with Crippen molar-refractivity contribution < 1.29 is 14.6 Å². The molecule has 0 spiro atoms. The fourth-order valence-corrected chi connectivity index (χ4v) is 3.35. The summed E-state index contributed by atoms with van der Waals surface area (Å²) in [5.41, 5.74) is 0.292. The number of hydrogen-bond donors (Lipinski definition) is 2. The number of carbonyl (C=O) groups is 1. The number of ether oxygens (including phenoxy) is 1. The molecule has 4 nitrogen and oxygen atoms in total. The molecular formula is C17H22ClNO3. The van der Waals surface area contributed by atoms with E-state index in [1.165, 1.54) is 0 Å². The van der Waals surface area contributed by atoms with E-state index in [2.05, 4.69) is 5.32 Å². The third-order valence-electron chi connectivity index (χ3n) is 5.07. The number of aliphatic hydroxyl groups excluding tert-OH is 1. The van der Waals surface area contributed by atoms with Gasteiger partial charge in [-0.25, -0.2) is 0 Å². The first-order valence-electron chi connectivity index (χ1n) is 7.83. The van der Waals surface area contributed by atoms with Gasteiger partial charge in [-0.3, -0.25) is 4.79 Å². The lowest BCUT2D eigenvalue weighted by molar-refractivity contribution is -0.130. The fourth-order valence-electron chi connectivity index (χ4n) is 3.16. The maximum atomic E-state index is 12.9. The molecule has 0 bridgehead atoms. The van der Waals surface area contributed by atoms with E-state index < -0.39 is 5.41 Å². The van der Waals surface area contributed by atoms with Crippen LogP contribution in [0.25, 0.3) is 0 Å². The van der Waals surface area contributed by atoms with Gasteiger partial charge in [-0.2, -0.15) is 0 Å². The molecule has 2 fully saturated rings. The number of rotatable bonds is 5. The van der Waals surface area contributed by atoms with Crippen LogP contribution in [-0.2, 0) is 14.9 Å². The average Bonchev–Trinajstić information content (AvgIpc) is 3.34. The molecule has 2 N–H and O–H groups in total. The van der Waals surface area contributed by atoms with Crippen molar-refractivity contribution in [2.24, 2.45) is 5.41 Å². The van der Waals surface area contributed by atoms with E-state index in [9.17, 15) is 9.90 Å². The van der Waals surface area contributed by atoms with Gasteiger partial charge < -0.3 is 15.2 Å². The van der Waals surface area contributed by atoms with Gasteiger partial charge in [-0.1, -0.05) is 23.7 Å². The topological polar surface area (TPSA) is 58.6 Å². The third kappa shape index (κ3) is 3.00. The fraction of sp³-hybridized carbons (Fsp3) is 0.588. The smallest absolute Gasteiger partial charge is 0.230 e. The van der Waals surface area contributed by atoms with Crippen LogP contribution in [0.15, 0.2) is 24.3 Å². The van der Waals surface area contributed by atoms with Crippen LogP contribution in [0.4, 0.5) is 0 Å². The van der Waals surface area contributed by atoms with Crippen LogP contribution in [0.5, 0.6) is 0 Å². The van der Waals surface area contributed by atoms with Crippen molar-refractivity contribution in [3.63, 3.8) is 0 Å².